The van der Waals surface area contributed by atoms with Gasteiger partial charge in [0.1, 0.15) is 16.9 Å². The fraction of sp³-hybridized carbons (Fsp3) is 0.167. The molecule has 1 amide bonds. The molecule has 0 spiro atoms. The van der Waals surface area contributed by atoms with E-state index in [2.05, 4.69) is 25.6 Å². The van der Waals surface area contributed by atoms with Gasteiger partial charge in [0, 0.05) is 26.0 Å². The molecule has 3 aromatic heterocycles. The first-order valence-electron chi connectivity index (χ1n) is 8.01. The van der Waals surface area contributed by atoms with Crippen LogP contribution in [0.3, 0.4) is 0 Å². The summed E-state index contributed by atoms with van der Waals surface area (Å²) in [5.74, 6) is 0.518. The maximum atomic E-state index is 12.5. The van der Waals surface area contributed by atoms with Gasteiger partial charge in [-0.05, 0) is 11.6 Å². The van der Waals surface area contributed by atoms with Crippen molar-refractivity contribution in [3.63, 3.8) is 0 Å². The first-order valence-corrected chi connectivity index (χ1v) is 8.01. The summed E-state index contributed by atoms with van der Waals surface area (Å²) in [5, 5.41) is 6.85. The molecule has 4 aromatic rings. The normalized spacial score (nSPS) is 11.1. The van der Waals surface area contributed by atoms with E-state index < -0.39 is 0 Å². The molecule has 0 radical (unpaired) electrons. The summed E-state index contributed by atoms with van der Waals surface area (Å²) in [7, 11) is 3.73. The number of fused-ring (bicyclic) bond motifs is 3. The molecule has 1 aromatic carbocycles. The Labute approximate surface area is 144 Å². The molecule has 0 saturated carbocycles. The highest BCUT2D eigenvalue weighted by atomic mass is 16.1. The average molecular weight is 334 g/mol. The number of carbonyl (C=O) groups is 1. The highest BCUT2D eigenvalue weighted by Gasteiger charge is 2.17. The van der Waals surface area contributed by atoms with Crippen molar-refractivity contribution < 1.29 is 4.79 Å². The first-order chi connectivity index (χ1) is 12.2. The molecule has 4 rings (SSSR count). The Morgan fingerprint density at radius 1 is 1.28 bits per heavy atom. The van der Waals surface area contributed by atoms with Gasteiger partial charge in [0.15, 0.2) is 5.82 Å². The Morgan fingerprint density at radius 2 is 2.08 bits per heavy atom. The third-order valence-corrected chi connectivity index (χ3v) is 4.21. The minimum Gasteiger partial charge on any atom is -0.371 e. The second-order valence-electron chi connectivity index (χ2n) is 5.88. The lowest BCUT2D eigenvalue weighted by Gasteiger charge is -2.03. The number of nitrogens with one attached hydrogen (secondary N) is 3. The Kier molecular flexibility index (Phi) is 3.61. The highest BCUT2D eigenvalue weighted by Crippen LogP contribution is 2.28. The fourth-order valence-corrected chi connectivity index (χ4v) is 2.97. The van der Waals surface area contributed by atoms with E-state index in [1.165, 1.54) is 0 Å². The number of amides is 1. The molecule has 0 fully saturated rings. The minimum absolute atomic E-state index is 0.164. The summed E-state index contributed by atoms with van der Waals surface area (Å²) >= 11 is 0. The molecule has 7 heteroatoms. The topological polar surface area (TPSA) is 87.6 Å². The zero-order valence-corrected chi connectivity index (χ0v) is 14.0. The van der Waals surface area contributed by atoms with Crippen LogP contribution in [0.15, 0.2) is 42.7 Å². The lowest BCUT2D eigenvalue weighted by Crippen LogP contribution is -2.22. The van der Waals surface area contributed by atoms with Crippen LogP contribution in [0.25, 0.3) is 22.1 Å². The van der Waals surface area contributed by atoms with Crippen LogP contribution in [0, 0.1) is 0 Å². The first kappa shape index (κ1) is 15.2. The van der Waals surface area contributed by atoms with Crippen LogP contribution in [-0.4, -0.2) is 32.5 Å². The summed E-state index contributed by atoms with van der Waals surface area (Å²) in [6, 6.07) is 11.6. The number of carbonyl (C=O) groups excluding carboxylic acids is 1. The van der Waals surface area contributed by atoms with Crippen molar-refractivity contribution in [3.05, 3.63) is 54.0 Å². The van der Waals surface area contributed by atoms with Crippen LogP contribution in [0.5, 0.6) is 0 Å². The number of benzene rings is 1. The molecule has 0 saturated heterocycles. The van der Waals surface area contributed by atoms with E-state index in [9.17, 15) is 4.79 Å². The zero-order chi connectivity index (χ0) is 17.4. The monoisotopic (exact) mass is 334 g/mol. The quantitative estimate of drug-likeness (QED) is 0.535. The van der Waals surface area contributed by atoms with Crippen LogP contribution in [0.4, 0.5) is 5.82 Å². The molecule has 25 heavy (non-hydrogen) atoms. The van der Waals surface area contributed by atoms with E-state index in [4.69, 9.17) is 0 Å². The molecule has 0 aliphatic carbocycles. The van der Waals surface area contributed by atoms with E-state index >= 15 is 0 Å². The van der Waals surface area contributed by atoms with Crippen molar-refractivity contribution in [2.75, 3.05) is 12.4 Å². The molecule has 126 valence electrons. The molecule has 0 aliphatic heterocycles. The molecule has 0 aliphatic rings. The highest BCUT2D eigenvalue weighted by molar-refractivity contribution is 6.09. The zero-order valence-electron chi connectivity index (χ0n) is 14.0. The third kappa shape index (κ3) is 2.59. The maximum Gasteiger partial charge on any atom is 0.268 e. The minimum atomic E-state index is -0.164. The van der Waals surface area contributed by atoms with Gasteiger partial charge < -0.3 is 20.2 Å². The van der Waals surface area contributed by atoms with Crippen molar-refractivity contribution in [2.24, 2.45) is 7.05 Å². The number of aromatic amines is 1. The van der Waals surface area contributed by atoms with Gasteiger partial charge in [-0.3, -0.25) is 4.79 Å². The Bertz CT molecular complexity index is 1060. The van der Waals surface area contributed by atoms with Crippen molar-refractivity contribution in [1.82, 2.24) is 24.8 Å². The number of aryl methyl sites for hydroxylation is 1. The van der Waals surface area contributed by atoms with Gasteiger partial charge in [-0.25, -0.2) is 9.97 Å². The maximum absolute atomic E-state index is 12.5. The number of nitrogens with zero attached hydrogens (tertiary/aromatic N) is 3. The Morgan fingerprint density at radius 3 is 2.84 bits per heavy atom. The summed E-state index contributed by atoms with van der Waals surface area (Å²) in [4.78, 5) is 24.5. The van der Waals surface area contributed by atoms with Gasteiger partial charge >= 0.3 is 0 Å². The van der Waals surface area contributed by atoms with Crippen LogP contribution in [0.2, 0.25) is 0 Å². The fourth-order valence-electron chi connectivity index (χ4n) is 2.97. The molecule has 3 heterocycles. The number of pyridine rings is 1. The number of rotatable bonds is 4. The predicted molar refractivity (Wildman–Crippen MR) is 97.5 cm³/mol. The molecule has 7 nitrogen and oxygen atoms in total. The summed E-state index contributed by atoms with van der Waals surface area (Å²) in [5.41, 5.74) is 3.91. The smallest absolute Gasteiger partial charge is 0.268 e. The van der Waals surface area contributed by atoms with Gasteiger partial charge in [0.25, 0.3) is 5.91 Å². The molecule has 0 unspecified atom stereocenters. The van der Waals surface area contributed by atoms with Gasteiger partial charge in [-0.1, -0.05) is 30.3 Å². The Balaban J connectivity index is 1.70. The molecule has 3 N–H and O–H groups in total. The third-order valence-electron chi connectivity index (χ3n) is 4.21. The van der Waals surface area contributed by atoms with Crippen LogP contribution < -0.4 is 10.6 Å². The predicted octanol–water partition coefficient (Wildman–Crippen LogP) is 2.42. The number of aromatic nitrogens is 4. The number of hydrogen-bond donors (Lipinski definition) is 3. The van der Waals surface area contributed by atoms with Crippen LogP contribution in [0.1, 0.15) is 16.1 Å². The SMILES string of the molecule is CNc1nc2[nH]c(C(=O)NCc3ccccc3)cc2c2c1ncn2C. The standard InChI is InChI=1S/C18H18N6O/c1-19-17-14-15(24(2)10-21-14)12-8-13(22-16(12)23-17)18(25)20-9-11-6-4-3-5-7-11/h3-8,10H,9H2,1-2H3,(H,20,25)(H2,19,22,23). The van der Waals surface area contributed by atoms with Crippen LogP contribution >= 0.6 is 0 Å². The molecule has 0 bridgehead atoms. The summed E-state index contributed by atoms with van der Waals surface area (Å²) in [6.07, 6.45) is 1.74. The van der Waals surface area contributed by atoms with E-state index in [0.29, 0.717) is 23.7 Å². The average Bonchev–Trinajstić information content (AvgIpc) is 3.23. The van der Waals surface area contributed by atoms with E-state index in [1.807, 2.05) is 48.0 Å². The second-order valence-corrected chi connectivity index (χ2v) is 5.88. The van der Waals surface area contributed by atoms with Crippen LogP contribution in [-0.2, 0) is 13.6 Å². The summed E-state index contributed by atoms with van der Waals surface area (Å²) in [6.45, 7) is 0.478. The number of anilines is 1. The largest absolute Gasteiger partial charge is 0.371 e. The number of H-pyrrole nitrogens is 1. The van der Waals surface area contributed by atoms with Gasteiger partial charge in [0.2, 0.25) is 0 Å². The van der Waals surface area contributed by atoms with Crippen molar-refractivity contribution in [3.8, 4) is 0 Å². The number of hydrogen-bond acceptors (Lipinski definition) is 4. The molecular formula is C18H18N6O. The van der Waals surface area contributed by atoms with Gasteiger partial charge in [0.05, 0.1) is 11.8 Å². The van der Waals surface area contributed by atoms with E-state index in [0.717, 1.165) is 22.0 Å². The van der Waals surface area contributed by atoms with Crippen molar-refractivity contribution in [2.45, 2.75) is 6.54 Å². The van der Waals surface area contributed by atoms with Gasteiger partial charge in [-0.2, -0.15) is 0 Å². The molecular weight excluding hydrogens is 316 g/mol. The lowest BCUT2D eigenvalue weighted by molar-refractivity contribution is 0.0946. The molecule has 0 atom stereocenters. The van der Waals surface area contributed by atoms with Crippen molar-refractivity contribution in [1.29, 1.82) is 0 Å². The second kappa shape index (κ2) is 5.94. The van der Waals surface area contributed by atoms with E-state index in [1.54, 1.807) is 13.4 Å². The Hall–Kier alpha value is -3.35. The van der Waals surface area contributed by atoms with Crippen molar-refractivity contribution >= 4 is 33.8 Å². The van der Waals surface area contributed by atoms with Gasteiger partial charge in [-0.15, -0.1) is 0 Å². The lowest BCUT2D eigenvalue weighted by atomic mass is 10.2. The summed E-state index contributed by atoms with van der Waals surface area (Å²) < 4.78 is 1.93. The number of imidazole rings is 1. The van der Waals surface area contributed by atoms with E-state index in [-0.39, 0.29) is 5.91 Å².